The first-order valence-corrected chi connectivity index (χ1v) is 6.81. The molecule has 0 saturated carbocycles. The first kappa shape index (κ1) is 13.9. The van der Waals surface area contributed by atoms with E-state index >= 15 is 0 Å². The van der Waals surface area contributed by atoms with E-state index in [2.05, 4.69) is 11.4 Å². The lowest BCUT2D eigenvalue weighted by Gasteiger charge is -2.30. The normalized spacial score (nSPS) is 18.6. The van der Waals surface area contributed by atoms with E-state index in [9.17, 15) is 4.79 Å². The smallest absolute Gasteiger partial charge is 0.245 e. The quantitative estimate of drug-likeness (QED) is 0.881. The molecule has 0 aromatic heterocycles. The lowest BCUT2D eigenvalue weighted by molar-refractivity contribution is -0.134. The molecule has 0 spiro atoms. The van der Waals surface area contributed by atoms with Gasteiger partial charge in [-0.05, 0) is 25.5 Å². The molecule has 1 aromatic carbocycles. The number of ether oxygens (including phenoxy) is 1. The molecule has 1 N–H and O–H groups in total. The summed E-state index contributed by atoms with van der Waals surface area (Å²) in [5.74, 6) is 0.156. The van der Waals surface area contributed by atoms with Crippen molar-refractivity contribution in [3.8, 4) is 0 Å². The predicted octanol–water partition coefficient (Wildman–Crippen LogP) is 1.91. The minimum atomic E-state index is -0.142. The zero-order chi connectivity index (χ0) is 13.8. The molecule has 4 nitrogen and oxygen atoms in total. The summed E-state index contributed by atoms with van der Waals surface area (Å²) < 4.78 is 5.15. The molecule has 2 rings (SSSR count). The number of likely N-dealkylation sites (N-methyl/N-ethyl adjacent to an activating group) is 1. The summed E-state index contributed by atoms with van der Waals surface area (Å²) >= 11 is 0. The molecule has 104 valence electrons. The van der Waals surface area contributed by atoms with E-state index in [1.54, 1.807) is 7.11 Å². The van der Waals surface area contributed by atoms with Crippen LogP contribution in [0, 0.1) is 0 Å². The molecule has 0 aliphatic carbocycles. The van der Waals surface area contributed by atoms with Crippen LogP contribution in [0.5, 0.6) is 0 Å². The van der Waals surface area contributed by atoms with Gasteiger partial charge in [-0.3, -0.25) is 4.79 Å². The number of amides is 1. The van der Waals surface area contributed by atoms with E-state index in [0.717, 1.165) is 12.1 Å². The molecule has 0 saturated heterocycles. The third kappa shape index (κ3) is 2.89. The van der Waals surface area contributed by atoms with Crippen LogP contribution in [-0.4, -0.2) is 43.2 Å². The highest BCUT2D eigenvalue weighted by Gasteiger charge is 2.31. The van der Waals surface area contributed by atoms with Crippen molar-refractivity contribution in [3.05, 3.63) is 29.8 Å². The average Bonchev–Trinajstić information content (AvgIpc) is 2.83. The number of nitrogens with one attached hydrogen (secondary N) is 1. The maximum atomic E-state index is 12.6. The number of para-hydroxylation sites is 1. The van der Waals surface area contributed by atoms with Crippen LogP contribution in [0.4, 0.5) is 5.69 Å². The predicted molar refractivity (Wildman–Crippen MR) is 76.3 cm³/mol. The van der Waals surface area contributed by atoms with E-state index < -0.39 is 0 Å². The van der Waals surface area contributed by atoms with Gasteiger partial charge in [-0.2, -0.15) is 0 Å². The van der Waals surface area contributed by atoms with Gasteiger partial charge in [-0.1, -0.05) is 18.2 Å². The number of hydrogen-bond donors (Lipinski definition) is 1. The number of rotatable bonds is 5. The molecular weight excluding hydrogens is 240 g/mol. The van der Waals surface area contributed by atoms with Crippen molar-refractivity contribution in [2.75, 3.05) is 25.6 Å². The summed E-state index contributed by atoms with van der Waals surface area (Å²) in [6.07, 6.45) is 0.769. The number of carbonyl (C=O) groups excluding carboxylic acids is 1. The Bertz CT molecular complexity index is 423. The van der Waals surface area contributed by atoms with E-state index in [1.165, 1.54) is 5.56 Å². The fourth-order valence-electron chi connectivity index (χ4n) is 2.66. The van der Waals surface area contributed by atoms with Crippen molar-refractivity contribution in [2.45, 2.75) is 32.4 Å². The van der Waals surface area contributed by atoms with Gasteiger partial charge < -0.3 is 15.0 Å². The minimum Gasteiger partial charge on any atom is -0.383 e. The third-order valence-corrected chi connectivity index (χ3v) is 3.63. The SMILES string of the molecule is CCN(C(=O)C1Cc2ccccc2N1)C(C)COC. The first-order chi connectivity index (χ1) is 9.17. The van der Waals surface area contributed by atoms with Crippen molar-refractivity contribution in [1.82, 2.24) is 4.90 Å². The number of carbonyl (C=O) groups is 1. The number of nitrogens with zero attached hydrogens (tertiary/aromatic N) is 1. The highest BCUT2D eigenvalue weighted by Crippen LogP contribution is 2.26. The summed E-state index contributed by atoms with van der Waals surface area (Å²) in [6.45, 7) is 5.30. The maximum absolute atomic E-state index is 12.6. The molecule has 0 radical (unpaired) electrons. The van der Waals surface area contributed by atoms with Gasteiger partial charge >= 0.3 is 0 Å². The summed E-state index contributed by atoms with van der Waals surface area (Å²) in [5.41, 5.74) is 2.30. The standard InChI is InChI=1S/C15H22N2O2/c1-4-17(11(2)10-19-3)15(18)14-9-12-7-5-6-8-13(12)16-14/h5-8,11,14,16H,4,9-10H2,1-3H3. The number of anilines is 1. The lowest BCUT2D eigenvalue weighted by Crippen LogP contribution is -2.47. The monoisotopic (exact) mass is 262 g/mol. The van der Waals surface area contributed by atoms with E-state index in [4.69, 9.17) is 4.74 Å². The van der Waals surface area contributed by atoms with Gasteiger partial charge in [0.1, 0.15) is 6.04 Å². The van der Waals surface area contributed by atoms with Gasteiger partial charge in [-0.25, -0.2) is 0 Å². The van der Waals surface area contributed by atoms with Crippen LogP contribution in [0.1, 0.15) is 19.4 Å². The van der Waals surface area contributed by atoms with Gasteiger partial charge in [0, 0.05) is 25.8 Å². The Labute approximate surface area is 114 Å². The summed E-state index contributed by atoms with van der Waals surface area (Å²) in [5, 5.41) is 3.31. The molecule has 4 heteroatoms. The first-order valence-electron chi connectivity index (χ1n) is 6.81. The van der Waals surface area contributed by atoms with Gasteiger partial charge in [0.2, 0.25) is 5.91 Å². The van der Waals surface area contributed by atoms with Gasteiger partial charge in [0.25, 0.3) is 0 Å². The number of fused-ring (bicyclic) bond motifs is 1. The van der Waals surface area contributed by atoms with Crippen molar-refractivity contribution in [2.24, 2.45) is 0 Å². The third-order valence-electron chi connectivity index (χ3n) is 3.63. The van der Waals surface area contributed by atoms with E-state index in [-0.39, 0.29) is 18.0 Å². The molecule has 1 aliphatic rings. The molecule has 2 atom stereocenters. The van der Waals surface area contributed by atoms with Gasteiger partial charge in [-0.15, -0.1) is 0 Å². The van der Waals surface area contributed by atoms with E-state index in [0.29, 0.717) is 13.2 Å². The number of hydrogen-bond acceptors (Lipinski definition) is 3. The molecule has 1 amide bonds. The second-order valence-electron chi connectivity index (χ2n) is 4.99. The molecule has 0 bridgehead atoms. The van der Waals surface area contributed by atoms with Crippen LogP contribution in [-0.2, 0) is 16.0 Å². The van der Waals surface area contributed by atoms with Crippen LogP contribution in [0.15, 0.2) is 24.3 Å². The van der Waals surface area contributed by atoms with Crippen LogP contribution in [0.2, 0.25) is 0 Å². The summed E-state index contributed by atoms with van der Waals surface area (Å²) in [7, 11) is 1.67. The Morgan fingerprint density at radius 3 is 2.89 bits per heavy atom. The van der Waals surface area contributed by atoms with Crippen molar-refractivity contribution < 1.29 is 9.53 Å². The Kier molecular flexibility index (Phi) is 4.43. The van der Waals surface area contributed by atoms with Crippen LogP contribution >= 0.6 is 0 Å². The highest BCUT2D eigenvalue weighted by atomic mass is 16.5. The van der Waals surface area contributed by atoms with Crippen molar-refractivity contribution >= 4 is 11.6 Å². The molecular formula is C15H22N2O2. The molecule has 1 heterocycles. The van der Waals surface area contributed by atoms with Gasteiger partial charge in [0.05, 0.1) is 12.6 Å². The largest absolute Gasteiger partial charge is 0.383 e. The molecule has 19 heavy (non-hydrogen) atoms. The Hall–Kier alpha value is -1.55. The fourth-order valence-corrected chi connectivity index (χ4v) is 2.66. The fraction of sp³-hybridized carbons (Fsp3) is 0.533. The number of benzene rings is 1. The van der Waals surface area contributed by atoms with Crippen molar-refractivity contribution in [1.29, 1.82) is 0 Å². The zero-order valence-electron chi connectivity index (χ0n) is 11.8. The maximum Gasteiger partial charge on any atom is 0.245 e. The van der Waals surface area contributed by atoms with Gasteiger partial charge in [0.15, 0.2) is 0 Å². The molecule has 2 unspecified atom stereocenters. The highest BCUT2D eigenvalue weighted by molar-refractivity contribution is 5.87. The summed E-state index contributed by atoms with van der Waals surface area (Å²) in [4.78, 5) is 14.5. The lowest BCUT2D eigenvalue weighted by atomic mass is 10.1. The Balaban J connectivity index is 2.05. The number of methoxy groups -OCH3 is 1. The van der Waals surface area contributed by atoms with Crippen LogP contribution < -0.4 is 5.32 Å². The second kappa shape index (κ2) is 6.06. The van der Waals surface area contributed by atoms with Crippen molar-refractivity contribution in [3.63, 3.8) is 0 Å². The molecule has 1 aliphatic heterocycles. The minimum absolute atomic E-state index is 0.105. The Morgan fingerprint density at radius 2 is 2.26 bits per heavy atom. The molecule has 0 fully saturated rings. The van der Waals surface area contributed by atoms with Crippen LogP contribution in [0.3, 0.4) is 0 Å². The average molecular weight is 262 g/mol. The molecule has 1 aromatic rings. The van der Waals surface area contributed by atoms with Crippen LogP contribution in [0.25, 0.3) is 0 Å². The second-order valence-corrected chi connectivity index (χ2v) is 4.99. The Morgan fingerprint density at radius 1 is 1.53 bits per heavy atom. The van der Waals surface area contributed by atoms with E-state index in [1.807, 2.05) is 36.9 Å². The zero-order valence-corrected chi connectivity index (χ0v) is 11.8. The topological polar surface area (TPSA) is 41.6 Å². The summed E-state index contributed by atoms with van der Waals surface area (Å²) in [6, 6.07) is 8.06.